The summed E-state index contributed by atoms with van der Waals surface area (Å²) in [6.45, 7) is 4.03. The summed E-state index contributed by atoms with van der Waals surface area (Å²) < 4.78 is 5.14. The lowest BCUT2D eigenvalue weighted by Gasteiger charge is -2.39. The minimum Gasteiger partial charge on any atom is -0.376 e. The molecule has 0 unspecified atom stereocenters. The number of carbonyl (C=O) groups is 1. The minimum absolute atomic E-state index is 0.0414. The lowest BCUT2D eigenvalue weighted by molar-refractivity contribution is -0.384. The van der Waals surface area contributed by atoms with Gasteiger partial charge in [-0.05, 0) is 19.1 Å². The molecule has 2 N–H and O–H groups in total. The molecule has 2 saturated heterocycles. The highest BCUT2D eigenvalue weighted by Gasteiger charge is 2.35. The zero-order valence-electron chi connectivity index (χ0n) is 11.6. The molecule has 2 heterocycles. The third kappa shape index (κ3) is 2.49. The maximum absolute atomic E-state index is 11.6. The molecule has 8 nitrogen and oxygen atoms in total. The third-order valence-electron chi connectivity index (χ3n) is 3.62. The van der Waals surface area contributed by atoms with Crippen molar-refractivity contribution < 1.29 is 14.5 Å². The molecule has 2 aliphatic rings. The van der Waals surface area contributed by atoms with Crippen LogP contribution in [0.3, 0.4) is 0 Å². The second kappa shape index (κ2) is 4.88. The van der Waals surface area contributed by atoms with E-state index >= 15 is 0 Å². The molecule has 3 rings (SSSR count). The number of amides is 2. The molecule has 21 heavy (non-hydrogen) atoms. The van der Waals surface area contributed by atoms with Crippen LogP contribution in [-0.2, 0) is 4.74 Å². The Labute approximate surface area is 121 Å². The number of rotatable bonds is 4. The number of nitrogens with zero attached hydrogens (tertiary/aromatic N) is 2. The van der Waals surface area contributed by atoms with E-state index in [0.29, 0.717) is 37.7 Å². The molecule has 8 heteroatoms. The summed E-state index contributed by atoms with van der Waals surface area (Å²) in [5.74, 6) is 0. The fourth-order valence-corrected chi connectivity index (χ4v) is 2.47. The predicted octanol–water partition coefficient (Wildman–Crippen LogP) is 1.33. The smallest absolute Gasteiger partial charge is 0.322 e. The SMILES string of the molecule is CC1(Nc2ccc(N3CCNC3=O)cc2[N+](=O)[O-])COC1. The van der Waals surface area contributed by atoms with Gasteiger partial charge >= 0.3 is 6.03 Å². The second-order valence-electron chi connectivity index (χ2n) is 5.52. The first kappa shape index (κ1) is 13.6. The van der Waals surface area contributed by atoms with Crippen LogP contribution in [0.5, 0.6) is 0 Å². The zero-order chi connectivity index (χ0) is 15.0. The molecular formula is C13H16N4O4. The molecule has 2 fully saturated rings. The normalized spacial score (nSPS) is 19.9. The maximum atomic E-state index is 11.6. The van der Waals surface area contributed by atoms with Gasteiger partial charge in [-0.15, -0.1) is 0 Å². The second-order valence-corrected chi connectivity index (χ2v) is 5.52. The van der Waals surface area contributed by atoms with Gasteiger partial charge in [-0.1, -0.05) is 0 Å². The van der Waals surface area contributed by atoms with Gasteiger partial charge in [0.05, 0.1) is 29.4 Å². The van der Waals surface area contributed by atoms with Crippen LogP contribution >= 0.6 is 0 Å². The van der Waals surface area contributed by atoms with Gasteiger partial charge in [0.1, 0.15) is 5.69 Å². The van der Waals surface area contributed by atoms with Crippen molar-refractivity contribution in [3.63, 3.8) is 0 Å². The van der Waals surface area contributed by atoms with E-state index in [0.717, 1.165) is 0 Å². The first-order valence-electron chi connectivity index (χ1n) is 6.68. The number of anilines is 2. The first-order valence-corrected chi connectivity index (χ1v) is 6.68. The highest BCUT2D eigenvalue weighted by Crippen LogP contribution is 2.33. The van der Waals surface area contributed by atoms with Crippen molar-refractivity contribution in [3.8, 4) is 0 Å². The van der Waals surface area contributed by atoms with Crippen LogP contribution in [0, 0.1) is 10.1 Å². The van der Waals surface area contributed by atoms with Crippen molar-refractivity contribution >= 4 is 23.1 Å². The number of urea groups is 1. The summed E-state index contributed by atoms with van der Waals surface area (Å²) in [6, 6.07) is 4.55. The summed E-state index contributed by atoms with van der Waals surface area (Å²) >= 11 is 0. The van der Waals surface area contributed by atoms with E-state index < -0.39 is 4.92 Å². The van der Waals surface area contributed by atoms with Gasteiger partial charge < -0.3 is 15.4 Å². The quantitative estimate of drug-likeness (QED) is 0.644. The van der Waals surface area contributed by atoms with Crippen molar-refractivity contribution in [1.29, 1.82) is 0 Å². The van der Waals surface area contributed by atoms with Gasteiger partial charge in [0.2, 0.25) is 0 Å². The van der Waals surface area contributed by atoms with Gasteiger partial charge in [-0.3, -0.25) is 15.0 Å². The predicted molar refractivity (Wildman–Crippen MR) is 76.7 cm³/mol. The van der Waals surface area contributed by atoms with Crippen LogP contribution in [0.4, 0.5) is 21.9 Å². The summed E-state index contributed by atoms with van der Waals surface area (Å²) in [5.41, 5.74) is 0.642. The fourth-order valence-electron chi connectivity index (χ4n) is 2.47. The Morgan fingerprint density at radius 1 is 1.48 bits per heavy atom. The van der Waals surface area contributed by atoms with E-state index in [1.54, 1.807) is 12.1 Å². The van der Waals surface area contributed by atoms with Crippen molar-refractivity contribution in [2.75, 3.05) is 36.5 Å². The number of ether oxygens (including phenoxy) is 1. The zero-order valence-corrected chi connectivity index (χ0v) is 11.6. The van der Waals surface area contributed by atoms with Crippen LogP contribution in [0.1, 0.15) is 6.92 Å². The summed E-state index contributed by atoms with van der Waals surface area (Å²) in [4.78, 5) is 24.0. The Bertz CT molecular complexity index is 600. The number of nitro benzene ring substituents is 1. The number of carbonyl (C=O) groups excluding carboxylic acids is 1. The monoisotopic (exact) mass is 292 g/mol. The Hall–Kier alpha value is -2.35. The van der Waals surface area contributed by atoms with E-state index in [1.807, 2.05) is 6.92 Å². The van der Waals surface area contributed by atoms with Crippen molar-refractivity contribution in [2.24, 2.45) is 0 Å². The summed E-state index contributed by atoms with van der Waals surface area (Å²) in [6.07, 6.45) is 0. The number of nitrogens with one attached hydrogen (secondary N) is 2. The van der Waals surface area contributed by atoms with Crippen LogP contribution in [-0.4, -0.2) is 42.8 Å². The van der Waals surface area contributed by atoms with Gasteiger partial charge in [-0.25, -0.2) is 4.79 Å². The standard InChI is InChI=1S/C13H16N4O4/c1-13(7-21-8-13)15-10-3-2-9(6-11(10)17(19)20)16-5-4-14-12(16)18/h2-3,6,15H,4-5,7-8H2,1H3,(H,14,18). The van der Waals surface area contributed by atoms with Gasteiger partial charge in [-0.2, -0.15) is 0 Å². The largest absolute Gasteiger partial charge is 0.376 e. The Kier molecular flexibility index (Phi) is 3.17. The molecular weight excluding hydrogens is 276 g/mol. The molecule has 1 aromatic carbocycles. The van der Waals surface area contributed by atoms with Gasteiger partial charge in [0.15, 0.2) is 0 Å². The highest BCUT2D eigenvalue weighted by molar-refractivity contribution is 5.94. The number of hydrogen-bond acceptors (Lipinski definition) is 5. The molecule has 0 atom stereocenters. The highest BCUT2D eigenvalue weighted by atomic mass is 16.6. The van der Waals surface area contributed by atoms with E-state index in [-0.39, 0.29) is 17.3 Å². The lowest BCUT2D eigenvalue weighted by atomic mass is 10.00. The lowest BCUT2D eigenvalue weighted by Crippen LogP contribution is -2.53. The number of nitro groups is 1. The summed E-state index contributed by atoms with van der Waals surface area (Å²) in [5, 5.41) is 17.1. The Morgan fingerprint density at radius 2 is 2.24 bits per heavy atom. The molecule has 0 aliphatic carbocycles. The van der Waals surface area contributed by atoms with Crippen LogP contribution < -0.4 is 15.5 Å². The maximum Gasteiger partial charge on any atom is 0.322 e. The fraction of sp³-hybridized carbons (Fsp3) is 0.462. The number of hydrogen-bond donors (Lipinski definition) is 2. The molecule has 112 valence electrons. The third-order valence-corrected chi connectivity index (χ3v) is 3.62. The van der Waals surface area contributed by atoms with E-state index in [4.69, 9.17) is 4.74 Å². The van der Waals surface area contributed by atoms with E-state index in [9.17, 15) is 14.9 Å². The molecule has 1 aromatic rings. The van der Waals surface area contributed by atoms with Crippen molar-refractivity contribution in [2.45, 2.75) is 12.5 Å². The molecule has 0 saturated carbocycles. The molecule has 0 radical (unpaired) electrons. The van der Waals surface area contributed by atoms with Crippen molar-refractivity contribution in [3.05, 3.63) is 28.3 Å². The first-order chi connectivity index (χ1) is 9.98. The average Bonchev–Trinajstić information content (AvgIpc) is 2.83. The topological polar surface area (TPSA) is 96.7 Å². The van der Waals surface area contributed by atoms with Crippen molar-refractivity contribution in [1.82, 2.24) is 5.32 Å². The Balaban J connectivity index is 1.91. The molecule has 2 aliphatic heterocycles. The van der Waals surface area contributed by atoms with Crippen LogP contribution in [0.25, 0.3) is 0 Å². The molecule has 2 amide bonds. The summed E-state index contributed by atoms with van der Waals surface area (Å²) in [7, 11) is 0. The number of benzene rings is 1. The van der Waals surface area contributed by atoms with Crippen LogP contribution in [0.15, 0.2) is 18.2 Å². The van der Waals surface area contributed by atoms with Gasteiger partial charge in [0, 0.05) is 19.2 Å². The minimum atomic E-state index is -0.442. The Morgan fingerprint density at radius 3 is 2.76 bits per heavy atom. The molecule has 0 bridgehead atoms. The van der Waals surface area contributed by atoms with E-state index in [1.165, 1.54) is 11.0 Å². The van der Waals surface area contributed by atoms with Gasteiger partial charge in [0.25, 0.3) is 5.69 Å². The van der Waals surface area contributed by atoms with Crippen LogP contribution in [0.2, 0.25) is 0 Å². The molecule has 0 spiro atoms. The average molecular weight is 292 g/mol. The van der Waals surface area contributed by atoms with E-state index in [2.05, 4.69) is 10.6 Å². The molecule has 0 aromatic heterocycles.